The molecule has 1 saturated carbocycles. The first-order valence-electron chi connectivity index (χ1n) is 8.13. The molecule has 2 fully saturated rings. The number of aryl methyl sites for hydroxylation is 2. The number of carbonyl (C=O) groups excluding carboxylic acids is 1. The van der Waals surface area contributed by atoms with Crippen molar-refractivity contribution in [3.05, 3.63) is 10.6 Å². The molecule has 2 aliphatic rings. The Morgan fingerprint density at radius 2 is 1.76 bits per heavy atom. The summed E-state index contributed by atoms with van der Waals surface area (Å²) in [5.41, 5.74) is 1.13. The predicted molar refractivity (Wildman–Crippen MR) is 87.0 cm³/mol. The first kappa shape index (κ1) is 14.8. The van der Waals surface area contributed by atoms with Gasteiger partial charge in [-0.3, -0.25) is 4.79 Å². The average Bonchev–Trinajstić information content (AvgIpc) is 2.87. The van der Waals surface area contributed by atoms with Crippen LogP contribution in [-0.4, -0.2) is 42.0 Å². The molecule has 5 heteroatoms. The molecule has 0 aromatic carbocycles. The number of piperazine rings is 1. The molecule has 0 unspecified atom stereocenters. The molecule has 116 valence electrons. The minimum absolute atomic E-state index is 0.301. The Balaban J connectivity index is 1.56. The second kappa shape index (κ2) is 6.34. The lowest BCUT2D eigenvalue weighted by atomic mass is 9.88. The van der Waals surface area contributed by atoms with Crippen LogP contribution in [0.15, 0.2) is 0 Å². The number of thiazole rings is 1. The molecule has 0 N–H and O–H groups in total. The summed E-state index contributed by atoms with van der Waals surface area (Å²) in [6, 6.07) is 0. The van der Waals surface area contributed by atoms with Gasteiger partial charge in [-0.15, -0.1) is 11.3 Å². The van der Waals surface area contributed by atoms with E-state index in [1.165, 1.54) is 24.1 Å². The second-order valence-electron chi connectivity index (χ2n) is 6.29. The van der Waals surface area contributed by atoms with Crippen molar-refractivity contribution in [2.45, 2.75) is 46.0 Å². The first-order chi connectivity index (χ1) is 10.1. The molecular weight excluding hydrogens is 282 g/mol. The Morgan fingerprint density at radius 3 is 2.33 bits per heavy atom. The van der Waals surface area contributed by atoms with Crippen molar-refractivity contribution in [3.8, 4) is 0 Å². The molecule has 1 aromatic rings. The topological polar surface area (TPSA) is 36.4 Å². The lowest BCUT2D eigenvalue weighted by Crippen LogP contribution is -2.50. The molecule has 0 atom stereocenters. The van der Waals surface area contributed by atoms with Crippen molar-refractivity contribution in [2.24, 2.45) is 5.92 Å². The summed E-state index contributed by atoms with van der Waals surface area (Å²) in [5.74, 6) is 0.704. The zero-order valence-corrected chi connectivity index (χ0v) is 13.9. The second-order valence-corrected chi connectivity index (χ2v) is 7.47. The van der Waals surface area contributed by atoms with Gasteiger partial charge in [0.1, 0.15) is 0 Å². The largest absolute Gasteiger partial charge is 0.345 e. The van der Waals surface area contributed by atoms with Crippen LogP contribution < -0.4 is 4.90 Å². The van der Waals surface area contributed by atoms with Gasteiger partial charge in [0, 0.05) is 37.0 Å². The van der Waals surface area contributed by atoms with E-state index in [0.29, 0.717) is 11.8 Å². The number of hydrogen-bond donors (Lipinski definition) is 0. The number of anilines is 1. The van der Waals surface area contributed by atoms with E-state index in [1.54, 1.807) is 11.3 Å². The van der Waals surface area contributed by atoms with Gasteiger partial charge in [-0.2, -0.15) is 0 Å². The maximum atomic E-state index is 12.5. The molecule has 1 aliphatic heterocycles. The van der Waals surface area contributed by atoms with Gasteiger partial charge in [0.15, 0.2) is 5.13 Å². The molecule has 1 aliphatic carbocycles. The van der Waals surface area contributed by atoms with Crippen molar-refractivity contribution in [1.29, 1.82) is 0 Å². The average molecular weight is 307 g/mol. The van der Waals surface area contributed by atoms with Crippen LogP contribution in [0.1, 0.15) is 42.7 Å². The van der Waals surface area contributed by atoms with E-state index in [0.717, 1.165) is 49.8 Å². The number of rotatable bonds is 2. The standard InChI is InChI=1S/C16H25N3OS/c1-12-13(2)21-16(17-12)19-10-8-18(9-11-19)15(20)14-6-4-3-5-7-14/h14H,3-11H2,1-2H3. The fourth-order valence-electron chi connectivity index (χ4n) is 3.32. The highest BCUT2D eigenvalue weighted by atomic mass is 32.1. The quantitative estimate of drug-likeness (QED) is 0.843. The molecule has 1 saturated heterocycles. The molecule has 2 heterocycles. The van der Waals surface area contributed by atoms with Crippen LogP contribution in [0.25, 0.3) is 0 Å². The van der Waals surface area contributed by atoms with Crippen molar-refractivity contribution < 1.29 is 4.79 Å². The fraction of sp³-hybridized carbons (Fsp3) is 0.750. The van der Waals surface area contributed by atoms with E-state index in [1.807, 2.05) is 0 Å². The molecule has 21 heavy (non-hydrogen) atoms. The van der Waals surface area contributed by atoms with Crippen LogP contribution in [0.5, 0.6) is 0 Å². The Labute approximate surface area is 131 Å². The molecule has 3 rings (SSSR count). The molecule has 1 amide bonds. The van der Waals surface area contributed by atoms with E-state index in [-0.39, 0.29) is 0 Å². The lowest BCUT2D eigenvalue weighted by molar-refractivity contribution is -0.136. The molecular formula is C16H25N3OS. The van der Waals surface area contributed by atoms with E-state index >= 15 is 0 Å². The highest BCUT2D eigenvalue weighted by Gasteiger charge is 2.29. The fourth-order valence-corrected chi connectivity index (χ4v) is 4.28. The van der Waals surface area contributed by atoms with Gasteiger partial charge in [0.2, 0.25) is 5.91 Å². The maximum absolute atomic E-state index is 12.5. The Hall–Kier alpha value is -1.10. The van der Waals surface area contributed by atoms with Crippen molar-refractivity contribution in [1.82, 2.24) is 9.88 Å². The SMILES string of the molecule is Cc1nc(N2CCN(C(=O)C3CCCCC3)CC2)sc1C. The smallest absolute Gasteiger partial charge is 0.225 e. The van der Waals surface area contributed by atoms with Gasteiger partial charge in [-0.05, 0) is 26.7 Å². The minimum Gasteiger partial charge on any atom is -0.345 e. The summed E-state index contributed by atoms with van der Waals surface area (Å²) in [5, 5.41) is 1.12. The third-order valence-electron chi connectivity index (χ3n) is 4.83. The number of hydrogen-bond acceptors (Lipinski definition) is 4. The van der Waals surface area contributed by atoms with E-state index in [2.05, 4.69) is 28.6 Å². The number of nitrogens with zero attached hydrogens (tertiary/aromatic N) is 3. The van der Waals surface area contributed by atoms with Crippen LogP contribution >= 0.6 is 11.3 Å². The maximum Gasteiger partial charge on any atom is 0.225 e. The number of amides is 1. The van der Waals surface area contributed by atoms with Gasteiger partial charge in [-0.25, -0.2) is 4.98 Å². The van der Waals surface area contributed by atoms with Crippen molar-refractivity contribution in [2.75, 3.05) is 31.1 Å². The molecule has 0 radical (unpaired) electrons. The minimum atomic E-state index is 0.301. The Kier molecular flexibility index (Phi) is 4.48. The first-order valence-corrected chi connectivity index (χ1v) is 8.94. The summed E-state index contributed by atoms with van der Waals surface area (Å²) in [4.78, 5) is 22.9. The van der Waals surface area contributed by atoms with Crippen molar-refractivity contribution in [3.63, 3.8) is 0 Å². The van der Waals surface area contributed by atoms with E-state index in [9.17, 15) is 4.79 Å². The highest BCUT2D eigenvalue weighted by Crippen LogP contribution is 2.28. The summed E-state index contributed by atoms with van der Waals surface area (Å²) >= 11 is 1.77. The van der Waals surface area contributed by atoms with E-state index < -0.39 is 0 Å². The normalized spacial score (nSPS) is 20.9. The highest BCUT2D eigenvalue weighted by molar-refractivity contribution is 7.15. The third kappa shape index (κ3) is 3.23. The van der Waals surface area contributed by atoms with Crippen LogP contribution in [0.3, 0.4) is 0 Å². The van der Waals surface area contributed by atoms with E-state index in [4.69, 9.17) is 0 Å². The molecule has 0 spiro atoms. The third-order valence-corrected chi connectivity index (χ3v) is 5.97. The predicted octanol–water partition coefficient (Wildman–Crippen LogP) is 2.99. The molecule has 1 aromatic heterocycles. The zero-order chi connectivity index (χ0) is 14.8. The number of carbonyl (C=O) groups is 1. The molecule has 4 nitrogen and oxygen atoms in total. The monoisotopic (exact) mass is 307 g/mol. The van der Waals surface area contributed by atoms with Crippen LogP contribution in [0.2, 0.25) is 0 Å². The van der Waals surface area contributed by atoms with Gasteiger partial charge < -0.3 is 9.80 Å². The Bertz CT molecular complexity index is 480. The van der Waals surface area contributed by atoms with Crippen LogP contribution in [-0.2, 0) is 4.79 Å². The summed E-state index contributed by atoms with van der Waals surface area (Å²) in [6.45, 7) is 7.74. The zero-order valence-electron chi connectivity index (χ0n) is 13.1. The van der Waals surface area contributed by atoms with Gasteiger partial charge in [0.25, 0.3) is 0 Å². The van der Waals surface area contributed by atoms with Gasteiger partial charge in [-0.1, -0.05) is 19.3 Å². The van der Waals surface area contributed by atoms with Crippen LogP contribution in [0, 0.1) is 19.8 Å². The molecule has 0 bridgehead atoms. The summed E-state index contributed by atoms with van der Waals surface area (Å²) in [6.07, 6.45) is 5.97. The Morgan fingerprint density at radius 1 is 1.10 bits per heavy atom. The van der Waals surface area contributed by atoms with Gasteiger partial charge >= 0.3 is 0 Å². The number of aromatic nitrogens is 1. The lowest BCUT2D eigenvalue weighted by Gasteiger charge is -2.37. The summed E-state index contributed by atoms with van der Waals surface area (Å²) in [7, 11) is 0. The van der Waals surface area contributed by atoms with Crippen LogP contribution in [0.4, 0.5) is 5.13 Å². The van der Waals surface area contributed by atoms with Gasteiger partial charge in [0.05, 0.1) is 5.69 Å². The van der Waals surface area contributed by atoms with Crippen molar-refractivity contribution >= 4 is 22.4 Å². The summed E-state index contributed by atoms with van der Waals surface area (Å²) < 4.78 is 0.